The van der Waals surface area contributed by atoms with Crippen molar-refractivity contribution in [3.05, 3.63) is 30.2 Å². The highest BCUT2D eigenvalue weighted by Gasteiger charge is 2.14. The molecule has 0 bridgehead atoms. The largest absolute Gasteiger partial charge is 0.406 e. The molecule has 0 spiro atoms. The summed E-state index contributed by atoms with van der Waals surface area (Å²) < 4.78 is 28.1. The molecule has 0 fully saturated rings. The molecule has 9 heteroatoms. The molecule has 0 amide bonds. The standard InChI is InChI=1S/C11H14N4O4S/c1-20(17,18)8-4-2-3-7(5-8)13-11-15-14-10(19-11)9(12)6-16/h2-5,9,16H,6,12H2,1H3,(H,13,15). The van der Waals surface area contributed by atoms with Crippen molar-refractivity contribution >= 4 is 21.5 Å². The van der Waals surface area contributed by atoms with E-state index in [4.69, 9.17) is 15.3 Å². The Kier molecular flexibility index (Phi) is 4.02. The van der Waals surface area contributed by atoms with Gasteiger partial charge in [-0.05, 0) is 18.2 Å². The lowest BCUT2D eigenvalue weighted by Gasteiger charge is -2.04. The Morgan fingerprint density at radius 3 is 2.85 bits per heavy atom. The summed E-state index contributed by atoms with van der Waals surface area (Å²) in [4.78, 5) is 0.175. The Bertz CT molecular complexity index is 698. The molecule has 0 aliphatic heterocycles. The molecule has 0 saturated carbocycles. The number of anilines is 2. The third kappa shape index (κ3) is 3.32. The predicted octanol–water partition coefficient (Wildman–Crippen LogP) is 0.209. The number of benzene rings is 1. The van der Waals surface area contributed by atoms with E-state index >= 15 is 0 Å². The van der Waals surface area contributed by atoms with Gasteiger partial charge in [-0.2, -0.15) is 0 Å². The number of hydrogen-bond acceptors (Lipinski definition) is 8. The van der Waals surface area contributed by atoms with Crippen LogP contribution in [0.4, 0.5) is 11.7 Å². The van der Waals surface area contributed by atoms with Gasteiger partial charge in [-0.3, -0.25) is 0 Å². The first-order valence-corrected chi connectivity index (χ1v) is 7.56. The molecule has 0 aliphatic carbocycles. The van der Waals surface area contributed by atoms with Gasteiger partial charge in [0.2, 0.25) is 5.89 Å². The van der Waals surface area contributed by atoms with Crippen molar-refractivity contribution in [1.82, 2.24) is 10.2 Å². The molecule has 2 aromatic rings. The van der Waals surface area contributed by atoms with Crippen LogP contribution in [-0.2, 0) is 9.84 Å². The monoisotopic (exact) mass is 298 g/mol. The number of rotatable bonds is 5. The lowest BCUT2D eigenvalue weighted by Crippen LogP contribution is -2.14. The van der Waals surface area contributed by atoms with Crippen LogP contribution in [-0.4, -0.2) is 36.6 Å². The maximum Gasteiger partial charge on any atom is 0.320 e. The molecule has 20 heavy (non-hydrogen) atoms. The van der Waals surface area contributed by atoms with Crippen LogP contribution in [0, 0.1) is 0 Å². The highest BCUT2D eigenvalue weighted by molar-refractivity contribution is 7.90. The fraction of sp³-hybridized carbons (Fsp3) is 0.273. The first kappa shape index (κ1) is 14.4. The predicted molar refractivity (Wildman–Crippen MR) is 71.1 cm³/mol. The summed E-state index contributed by atoms with van der Waals surface area (Å²) in [6.45, 7) is -0.314. The minimum absolute atomic E-state index is 0.0644. The average Bonchev–Trinajstić information content (AvgIpc) is 2.85. The maximum absolute atomic E-state index is 11.4. The second-order valence-corrected chi connectivity index (χ2v) is 6.18. The lowest BCUT2D eigenvalue weighted by atomic mass is 10.3. The van der Waals surface area contributed by atoms with Crippen LogP contribution in [0.5, 0.6) is 0 Å². The van der Waals surface area contributed by atoms with Crippen molar-refractivity contribution in [1.29, 1.82) is 0 Å². The van der Waals surface area contributed by atoms with E-state index in [0.717, 1.165) is 6.26 Å². The number of nitrogens with one attached hydrogen (secondary N) is 1. The highest BCUT2D eigenvalue weighted by Crippen LogP contribution is 2.20. The quantitative estimate of drug-likeness (QED) is 0.713. The number of aliphatic hydroxyl groups excluding tert-OH is 1. The first-order valence-electron chi connectivity index (χ1n) is 5.67. The fourth-order valence-corrected chi connectivity index (χ4v) is 2.11. The Morgan fingerprint density at radius 1 is 1.45 bits per heavy atom. The molecule has 0 radical (unpaired) electrons. The molecule has 1 heterocycles. The van der Waals surface area contributed by atoms with Gasteiger partial charge in [-0.1, -0.05) is 11.2 Å². The van der Waals surface area contributed by atoms with Gasteiger partial charge in [-0.25, -0.2) is 8.42 Å². The van der Waals surface area contributed by atoms with Gasteiger partial charge in [0.05, 0.1) is 11.5 Å². The van der Waals surface area contributed by atoms with Crippen molar-refractivity contribution in [3.63, 3.8) is 0 Å². The minimum Gasteiger partial charge on any atom is -0.406 e. The zero-order valence-electron chi connectivity index (χ0n) is 10.6. The highest BCUT2D eigenvalue weighted by atomic mass is 32.2. The molecule has 1 aromatic heterocycles. The van der Waals surface area contributed by atoms with Crippen LogP contribution in [0.3, 0.4) is 0 Å². The summed E-state index contributed by atoms with van der Waals surface area (Å²) >= 11 is 0. The molecular formula is C11H14N4O4S. The van der Waals surface area contributed by atoms with Crippen LogP contribution >= 0.6 is 0 Å². The summed E-state index contributed by atoms with van der Waals surface area (Å²) in [5, 5.41) is 19.0. The van der Waals surface area contributed by atoms with Crippen molar-refractivity contribution in [2.45, 2.75) is 10.9 Å². The summed E-state index contributed by atoms with van der Waals surface area (Å²) in [6.07, 6.45) is 1.12. The molecular weight excluding hydrogens is 284 g/mol. The van der Waals surface area contributed by atoms with Crippen LogP contribution in [0.25, 0.3) is 0 Å². The van der Waals surface area contributed by atoms with E-state index in [-0.39, 0.29) is 23.4 Å². The average molecular weight is 298 g/mol. The third-order valence-electron chi connectivity index (χ3n) is 2.47. The SMILES string of the molecule is CS(=O)(=O)c1cccc(Nc2nnc(C(N)CO)o2)c1. The van der Waals surface area contributed by atoms with E-state index in [1.807, 2.05) is 0 Å². The van der Waals surface area contributed by atoms with Gasteiger partial charge < -0.3 is 20.6 Å². The molecule has 1 atom stereocenters. The lowest BCUT2D eigenvalue weighted by molar-refractivity contribution is 0.249. The van der Waals surface area contributed by atoms with E-state index in [9.17, 15) is 8.42 Å². The van der Waals surface area contributed by atoms with Crippen molar-refractivity contribution in [2.75, 3.05) is 18.2 Å². The summed E-state index contributed by atoms with van der Waals surface area (Å²) in [6, 6.07) is 5.50. The Balaban J connectivity index is 2.20. The molecule has 4 N–H and O–H groups in total. The number of hydrogen-bond donors (Lipinski definition) is 3. The van der Waals surface area contributed by atoms with Gasteiger partial charge in [-0.15, -0.1) is 5.10 Å². The second kappa shape index (κ2) is 5.57. The van der Waals surface area contributed by atoms with Gasteiger partial charge in [0, 0.05) is 11.9 Å². The van der Waals surface area contributed by atoms with Crippen LogP contribution in [0.15, 0.2) is 33.6 Å². The topological polar surface area (TPSA) is 131 Å². The first-order chi connectivity index (χ1) is 9.40. The van der Waals surface area contributed by atoms with Crippen molar-refractivity contribution in [3.8, 4) is 0 Å². The molecule has 1 aromatic carbocycles. The summed E-state index contributed by atoms with van der Waals surface area (Å²) in [5.41, 5.74) is 6.02. The number of nitrogens with two attached hydrogens (primary N) is 1. The second-order valence-electron chi connectivity index (χ2n) is 4.16. The molecule has 0 aliphatic rings. The number of sulfone groups is 1. The van der Waals surface area contributed by atoms with E-state index in [2.05, 4.69) is 15.5 Å². The summed E-state index contributed by atoms with van der Waals surface area (Å²) in [5.74, 6) is 0.0919. The third-order valence-corrected chi connectivity index (χ3v) is 3.58. The van der Waals surface area contributed by atoms with Crippen molar-refractivity contribution in [2.24, 2.45) is 5.73 Å². The smallest absolute Gasteiger partial charge is 0.320 e. The molecule has 108 valence electrons. The normalized spacial score (nSPS) is 13.2. The Morgan fingerprint density at radius 2 is 2.20 bits per heavy atom. The zero-order valence-corrected chi connectivity index (χ0v) is 11.5. The van der Waals surface area contributed by atoms with Gasteiger partial charge in [0.1, 0.15) is 6.04 Å². The van der Waals surface area contributed by atoms with Crippen molar-refractivity contribution < 1.29 is 17.9 Å². The van der Waals surface area contributed by atoms with Crippen LogP contribution in [0.1, 0.15) is 11.9 Å². The van der Waals surface area contributed by atoms with Gasteiger partial charge in [0.25, 0.3) is 0 Å². The molecule has 8 nitrogen and oxygen atoms in total. The van der Waals surface area contributed by atoms with E-state index in [1.165, 1.54) is 12.1 Å². The molecule has 2 rings (SSSR count). The molecule has 0 saturated heterocycles. The van der Waals surface area contributed by atoms with E-state index < -0.39 is 15.9 Å². The maximum atomic E-state index is 11.4. The van der Waals surface area contributed by atoms with Crippen LogP contribution in [0.2, 0.25) is 0 Å². The molecule has 1 unspecified atom stereocenters. The van der Waals surface area contributed by atoms with Crippen LogP contribution < -0.4 is 11.1 Å². The number of aliphatic hydroxyl groups is 1. The van der Waals surface area contributed by atoms with E-state index in [1.54, 1.807) is 12.1 Å². The number of aromatic nitrogens is 2. The number of nitrogens with zero attached hydrogens (tertiary/aromatic N) is 2. The fourth-order valence-electron chi connectivity index (χ4n) is 1.44. The Hall–Kier alpha value is -1.97. The Labute approximate surface area is 115 Å². The summed E-state index contributed by atoms with van der Waals surface area (Å²) in [7, 11) is -3.29. The van der Waals surface area contributed by atoms with Gasteiger partial charge in [0.15, 0.2) is 9.84 Å². The minimum atomic E-state index is -3.29. The van der Waals surface area contributed by atoms with E-state index in [0.29, 0.717) is 5.69 Å². The zero-order chi connectivity index (χ0) is 14.8. The van der Waals surface area contributed by atoms with Gasteiger partial charge >= 0.3 is 6.01 Å².